The summed E-state index contributed by atoms with van der Waals surface area (Å²) in [7, 11) is 1.91. The minimum Gasteiger partial charge on any atom is -0.298 e. The van der Waals surface area contributed by atoms with Gasteiger partial charge in [-0.1, -0.05) is 12.1 Å². The molecule has 0 saturated carbocycles. The van der Waals surface area contributed by atoms with Gasteiger partial charge in [-0.2, -0.15) is 5.10 Å². The first kappa shape index (κ1) is 14.8. The lowest BCUT2D eigenvalue weighted by atomic mass is 10.0. The van der Waals surface area contributed by atoms with E-state index in [0.717, 1.165) is 28.4 Å². The molecule has 1 N–H and O–H groups in total. The minimum atomic E-state index is -0.187. The molecule has 1 aliphatic heterocycles. The van der Waals surface area contributed by atoms with E-state index >= 15 is 0 Å². The van der Waals surface area contributed by atoms with Crippen molar-refractivity contribution >= 4 is 33.8 Å². The first-order valence-corrected chi connectivity index (χ1v) is 8.41. The zero-order chi connectivity index (χ0) is 16.7. The summed E-state index contributed by atoms with van der Waals surface area (Å²) in [5.74, 6) is -0.187. The summed E-state index contributed by atoms with van der Waals surface area (Å²) in [5, 5.41) is 9.61. The third-order valence-electron chi connectivity index (χ3n) is 3.92. The average Bonchev–Trinajstić information content (AvgIpc) is 3.26. The lowest BCUT2D eigenvalue weighted by molar-refractivity contribution is 0.102. The molecule has 3 heterocycles. The van der Waals surface area contributed by atoms with Crippen LogP contribution in [0, 0.1) is 6.92 Å². The molecule has 0 atom stereocenters. The van der Waals surface area contributed by atoms with Crippen molar-refractivity contribution in [3.8, 4) is 0 Å². The Kier molecular flexibility index (Phi) is 3.50. The molecule has 4 rings (SSSR count). The number of para-hydroxylation sites is 1. The van der Waals surface area contributed by atoms with E-state index in [-0.39, 0.29) is 5.91 Å². The molecular weight excluding hydrogens is 322 g/mol. The summed E-state index contributed by atoms with van der Waals surface area (Å²) in [6.45, 7) is 1.96. The van der Waals surface area contributed by atoms with Gasteiger partial charge in [-0.3, -0.25) is 14.8 Å². The predicted octanol–water partition coefficient (Wildman–Crippen LogP) is 3.11. The lowest BCUT2D eigenvalue weighted by Crippen LogP contribution is -2.11. The number of aliphatic imine (C=N–C) groups is 1. The van der Waals surface area contributed by atoms with E-state index in [1.807, 2.05) is 42.2 Å². The number of nitrogens with one attached hydrogen (secondary N) is 1. The van der Waals surface area contributed by atoms with E-state index in [0.29, 0.717) is 17.1 Å². The quantitative estimate of drug-likeness (QED) is 0.798. The fraction of sp³-hybridized carbons (Fsp3) is 0.176. The molecule has 2 aromatic heterocycles. The van der Waals surface area contributed by atoms with Gasteiger partial charge in [-0.15, -0.1) is 11.3 Å². The molecule has 3 aromatic rings. The number of rotatable bonds is 3. The fourth-order valence-electron chi connectivity index (χ4n) is 2.88. The summed E-state index contributed by atoms with van der Waals surface area (Å²) in [6.07, 6.45) is 2.36. The number of hydrogen-bond acceptors (Lipinski definition) is 5. The van der Waals surface area contributed by atoms with Gasteiger partial charge in [-0.05, 0) is 24.6 Å². The van der Waals surface area contributed by atoms with Gasteiger partial charge in [0.25, 0.3) is 5.91 Å². The number of amides is 1. The van der Waals surface area contributed by atoms with Gasteiger partial charge in [-0.25, -0.2) is 9.98 Å². The van der Waals surface area contributed by atoms with Crippen molar-refractivity contribution in [1.29, 1.82) is 0 Å². The molecule has 1 aromatic carbocycles. The van der Waals surface area contributed by atoms with Crippen LogP contribution >= 0.6 is 11.3 Å². The number of benzene rings is 1. The van der Waals surface area contributed by atoms with Gasteiger partial charge in [0.1, 0.15) is 0 Å². The minimum absolute atomic E-state index is 0.187. The molecule has 1 aliphatic rings. The van der Waals surface area contributed by atoms with Crippen molar-refractivity contribution in [3.05, 3.63) is 58.4 Å². The van der Waals surface area contributed by atoms with Gasteiger partial charge < -0.3 is 0 Å². The number of aryl methyl sites for hydroxylation is 2. The van der Waals surface area contributed by atoms with Crippen LogP contribution in [0.1, 0.15) is 27.3 Å². The highest BCUT2D eigenvalue weighted by molar-refractivity contribution is 7.13. The van der Waals surface area contributed by atoms with Gasteiger partial charge in [0.2, 0.25) is 0 Å². The topological polar surface area (TPSA) is 72.2 Å². The Bertz CT molecular complexity index is 956. The Morgan fingerprint density at radius 1 is 1.38 bits per heavy atom. The molecule has 0 saturated heterocycles. The zero-order valence-corrected chi connectivity index (χ0v) is 14.1. The molecular formula is C17H15N5OS. The molecule has 0 fully saturated rings. The van der Waals surface area contributed by atoms with Crippen molar-refractivity contribution < 1.29 is 4.79 Å². The number of aromatic nitrogens is 3. The Balaban J connectivity index is 1.70. The third-order valence-corrected chi connectivity index (χ3v) is 4.61. The van der Waals surface area contributed by atoms with Crippen LogP contribution in [-0.2, 0) is 13.5 Å². The third kappa shape index (κ3) is 2.52. The van der Waals surface area contributed by atoms with Gasteiger partial charge in [0, 0.05) is 25.0 Å². The van der Waals surface area contributed by atoms with E-state index in [1.165, 1.54) is 11.3 Å². The van der Waals surface area contributed by atoms with Crippen LogP contribution in [-0.4, -0.2) is 26.4 Å². The van der Waals surface area contributed by atoms with E-state index in [9.17, 15) is 4.79 Å². The number of carbonyl (C=O) groups excluding carboxylic acids is 1. The Hall–Kier alpha value is -2.80. The molecule has 0 unspecified atom stereocenters. The highest BCUT2D eigenvalue weighted by atomic mass is 32.1. The molecule has 120 valence electrons. The Morgan fingerprint density at radius 3 is 2.96 bits per heavy atom. The number of thiazole rings is 1. The Morgan fingerprint density at radius 2 is 2.25 bits per heavy atom. The van der Waals surface area contributed by atoms with Crippen molar-refractivity contribution in [1.82, 2.24) is 14.8 Å². The number of hydrogen-bond donors (Lipinski definition) is 1. The van der Waals surface area contributed by atoms with Crippen LogP contribution in [0.3, 0.4) is 0 Å². The molecule has 0 radical (unpaired) electrons. The first-order chi connectivity index (χ1) is 11.6. The van der Waals surface area contributed by atoms with Gasteiger partial charge in [0.15, 0.2) is 5.13 Å². The zero-order valence-electron chi connectivity index (χ0n) is 13.3. The maximum absolute atomic E-state index is 12.6. The smallest absolute Gasteiger partial charge is 0.259 e. The summed E-state index contributed by atoms with van der Waals surface area (Å²) in [6, 6.07) is 7.71. The van der Waals surface area contributed by atoms with Crippen molar-refractivity contribution in [2.45, 2.75) is 13.3 Å². The largest absolute Gasteiger partial charge is 0.298 e. The van der Waals surface area contributed by atoms with E-state index in [4.69, 9.17) is 4.99 Å². The van der Waals surface area contributed by atoms with Crippen LogP contribution in [0.4, 0.5) is 10.8 Å². The maximum atomic E-state index is 12.6. The Labute approximate surface area is 142 Å². The normalized spacial score (nSPS) is 12.8. The van der Waals surface area contributed by atoms with Gasteiger partial charge >= 0.3 is 0 Å². The molecule has 0 aliphatic carbocycles. The molecule has 0 bridgehead atoms. The number of nitrogens with zero attached hydrogens (tertiary/aromatic N) is 4. The number of fused-ring (bicyclic) bond motifs is 1. The highest BCUT2D eigenvalue weighted by Gasteiger charge is 2.23. The molecule has 1 amide bonds. The van der Waals surface area contributed by atoms with Crippen molar-refractivity contribution in [2.24, 2.45) is 12.0 Å². The summed E-state index contributed by atoms with van der Waals surface area (Å²) < 4.78 is 1.83. The monoisotopic (exact) mass is 337 g/mol. The molecule has 7 heteroatoms. The number of carbonyl (C=O) groups is 1. The molecule has 24 heavy (non-hydrogen) atoms. The van der Waals surface area contributed by atoms with Crippen LogP contribution < -0.4 is 5.32 Å². The number of anilines is 1. The SMILES string of the molecule is Cc1cc(C2=Nc3c(cccc3C(=O)Nc3nccs3)C2)n(C)n1. The summed E-state index contributed by atoms with van der Waals surface area (Å²) in [4.78, 5) is 21.4. The first-order valence-electron chi connectivity index (χ1n) is 7.53. The van der Waals surface area contributed by atoms with E-state index < -0.39 is 0 Å². The molecule has 6 nitrogen and oxygen atoms in total. The second kappa shape index (κ2) is 5.68. The standard InChI is InChI=1S/C17H15N5OS/c1-10-8-14(22(2)21-10)13-9-11-4-3-5-12(15(11)19-13)16(23)20-17-18-6-7-24-17/h3-8H,9H2,1-2H3,(H,18,20,23). The highest BCUT2D eigenvalue weighted by Crippen LogP contribution is 2.33. The fourth-order valence-corrected chi connectivity index (χ4v) is 3.41. The van der Waals surface area contributed by atoms with Crippen molar-refractivity contribution in [3.63, 3.8) is 0 Å². The van der Waals surface area contributed by atoms with E-state index in [1.54, 1.807) is 12.3 Å². The van der Waals surface area contributed by atoms with Crippen LogP contribution in [0.25, 0.3) is 0 Å². The van der Waals surface area contributed by atoms with Gasteiger partial charge in [0.05, 0.1) is 28.4 Å². The predicted molar refractivity (Wildman–Crippen MR) is 94.4 cm³/mol. The molecule has 0 spiro atoms. The summed E-state index contributed by atoms with van der Waals surface area (Å²) >= 11 is 1.39. The van der Waals surface area contributed by atoms with E-state index in [2.05, 4.69) is 15.4 Å². The van der Waals surface area contributed by atoms with Crippen molar-refractivity contribution in [2.75, 3.05) is 5.32 Å². The van der Waals surface area contributed by atoms with Crippen LogP contribution in [0.15, 0.2) is 40.8 Å². The lowest BCUT2D eigenvalue weighted by Gasteiger charge is -2.05. The average molecular weight is 337 g/mol. The second-order valence-corrected chi connectivity index (χ2v) is 6.53. The van der Waals surface area contributed by atoms with Crippen LogP contribution in [0.5, 0.6) is 0 Å². The maximum Gasteiger partial charge on any atom is 0.259 e. The van der Waals surface area contributed by atoms with Crippen LogP contribution in [0.2, 0.25) is 0 Å². The second-order valence-electron chi connectivity index (χ2n) is 5.63. The summed E-state index contributed by atoms with van der Waals surface area (Å²) in [5.41, 5.74) is 5.22.